The molecule has 0 aromatic heterocycles. The van der Waals surface area contributed by atoms with Crippen LogP contribution in [0.4, 0.5) is 0 Å². The van der Waals surface area contributed by atoms with Crippen molar-refractivity contribution in [2.24, 2.45) is 0 Å². The molecule has 4 heteroatoms. The zero-order valence-corrected chi connectivity index (χ0v) is 11.8. The molecular formula is C15H15O3P. The molecule has 0 N–H and O–H groups in total. The van der Waals surface area contributed by atoms with E-state index >= 15 is 0 Å². The number of benzene rings is 2. The van der Waals surface area contributed by atoms with Gasteiger partial charge in [0.2, 0.25) is 8.38 Å². The monoisotopic (exact) mass is 274 g/mol. The summed E-state index contributed by atoms with van der Waals surface area (Å²) in [6.45, 7) is 1.87. The first kappa shape index (κ1) is 13.7. The number of hydrogen-bond donors (Lipinski definition) is 0. The third-order valence-corrected chi connectivity index (χ3v) is 3.63. The van der Waals surface area contributed by atoms with Crippen molar-refractivity contribution in [3.63, 3.8) is 0 Å². The van der Waals surface area contributed by atoms with Gasteiger partial charge in [0.15, 0.2) is 5.78 Å². The summed E-state index contributed by atoms with van der Waals surface area (Å²) in [4.78, 5) is 12.2. The molecule has 19 heavy (non-hydrogen) atoms. The summed E-state index contributed by atoms with van der Waals surface area (Å²) in [5.41, 5.74) is 1.34. The molecule has 2 aromatic rings. The summed E-state index contributed by atoms with van der Waals surface area (Å²) in [6.07, 6.45) is 0. The normalized spacial score (nSPS) is 11.9. The van der Waals surface area contributed by atoms with E-state index in [-0.39, 0.29) is 5.78 Å². The van der Waals surface area contributed by atoms with E-state index in [1.807, 2.05) is 37.0 Å². The standard InChI is InChI=1S/C15H15O3P/c1-17-19(2)18-14-10-8-13(9-11-14)15(16)12-6-4-3-5-7-12/h3-11H,1-2H3. The Morgan fingerprint density at radius 2 is 1.53 bits per heavy atom. The Kier molecular flexibility index (Phi) is 4.67. The first-order valence-corrected chi connectivity index (χ1v) is 7.49. The summed E-state index contributed by atoms with van der Waals surface area (Å²) >= 11 is 0. The second kappa shape index (κ2) is 6.46. The number of rotatable bonds is 5. The van der Waals surface area contributed by atoms with Crippen LogP contribution in [0.1, 0.15) is 15.9 Å². The van der Waals surface area contributed by atoms with Crippen LogP contribution < -0.4 is 4.52 Å². The molecule has 0 saturated heterocycles. The molecule has 0 bridgehead atoms. The molecule has 0 radical (unpaired) electrons. The van der Waals surface area contributed by atoms with E-state index in [0.717, 1.165) is 0 Å². The van der Waals surface area contributed by atoms with Gasteiger partial charge in [-0.2, -0.15) is 0 Å². The van der Waals surface area contributed by atoms with Crippen molar-refractivity contribution in [1.82, 2.24) is 0 Å². The maximum Gasteiger partial charge on any atom is 0.226 e. The molecule has 2 rings (SSSR count). The first-order chi connectivity index (χ1) is 9.20. The minimum absolute atomic E-state index is 0.0117. The van der Waals surface area contributed by atoms with Gasteiger partial charge in [-0.05, 0) is 24.3 Å². The molecule has 1 unspecified atom stereocenters. The molecule has 1 atom stereocenters. The van der Waals surface area contributed by atoms with E-state index in [9.17, 15) is 4.79 Å². The molecule has 0 aliphatic rings. The first-order valence-electron chi connectivity index (χ1n) is 5.86. The Bertz CT molecular complexity index is 537. The van der Waals surface area contributed by atoms with Crippen LogP contribution in [0.2, 0.25) is 0 Å². The summed E-state index contributed by atoms with van der Waals surface area (Å²) in [5.74, 6) is 0.720. The lowest BCUT2D eigenvalue weighted by molar-refractivity contribution is 0.103. The Morgan fingerprint density at radius 3 is 2.11 bits per heavy atom. The second-order valence-electron chi connectivity index (χ2n) is 3.93. The highest BCUT2D eigenvalue weighted by Gasteiger charge is 2.09. The van der Waals surface area contributed by atoms with Crippen molar-refractivity contribution in [2.45, 2.75) is 0 Å². The fourth-order valence-corrected chi connectivity index (χ4v) is 2.10. The third-order valence-electron chi connectivity index (χ3n) is 2.64. The van der Waals surface area contributed by atoms with Gasteiger partial charge in [-0.1, -0.05) is 30.3 Å². The van der Waals surface area contributed by atoms with Gasteiger partial charge in [0, 0.05) is 24.9 Å². The van der Waals surface area contributed by atoms with Crippen molar-refractivity contribution in [2.75, 3.05) is 13.8 Å². The van der Waals surface area contributed by atoms with Crippen molar-refractivity contribution in [3.05, 3.63) is 65.7 Å². The molecule has 0 spiro atoms. The average Bonchev–Trinajstić information content (AvgIpc) is 2.48. The molecule has 0 amide bonds. The van der Waals surface area contributed by atoms with Crippen LogP contribution in [0.25, 0.3) is 0 Å². The number of ketones is 1. The highest BCUT2D eigenvalue weighted by molar-refractivity contribution is 7.46. The highest BCUT2D eigenvalue weighted by Crippen LogP contribution is 2.34. The van der Waals surface area contributed by atoms with Gasteiger partial charge in [0.05, 0.1) is 0 Å². The number of carbonyl (C=O) groups is 1. The van der Waals surface area contributed by atoms with Gasteiger partial charge < -0.3 is 9.05 Å². The van der Waals surface area contributed by atoms with Gasteiger partial charge in [0.25, 0.3) is 0 Å². The quantitative estimate of drug-likeness (QED) is 0.613. The summed E-state index contributed by atoms with van der Waals surface area (Å²) in [7, 11) is 0.702. The molecule has 0 heterocycles. The lowest BCUT2D eigenvalue weighted by atomic mass is 10.0. The van der Waals surface area contributed by atoms with E-state index in [4.69, 9.17) is 9.05 Å². The van der Waals surface area contributed by atoms with Crippen LogP contribution in [0.15, 0.2) is 54.6 Å². The summed E-state index contributed by atoms with van der Waals surface area (Å²) in [5, 5.41) is 0. The zero-order chi connectivity index (χ0) is 13.7. The van der Waals surface area contributed by atoms with Crippen LogP contribution in [-0.4, -0.2) is 19.6 Å². The van der Waals surface area contributed by atoms with Crippen LogP contribution in [-0.2, 0) is 4.52 Å². The topological polar surface area (TPSA) is 35.5 Å². The van der Waals surface area contributed by atoms with Crippen molar-refractivity contribution in [1.29, 1.82) is 0 Å². The van der Waals surface area contributed by atoms with E-state index in [0.29, 0.717) is 16.9 Å². The van der Waals surface area contributed by atoms with E-state index in [2.05, 4.69) is 0 Å². The molecule has 2 aromatic carbocycles. The molecule has 0 aliphatic carbocycles. The zero-order valence-electron chi connectivity index (χ0n) is 10.9. The van der Waals surface area contributed by atoms with Crippen LogP contribution in [0, 0.1) is 0 Å². The minimum atomic E-state index is -0.908. The molecular weight excluding hydrogens is 259 g/mol. The summed E-state index contributed by atoms with van der Waals surface area (Å²) < 4.78 is 10.6. The van der Waals surface area contributed by atoms with Crippen LogP contribution in [0.3, 0.4) is 0 Å². The fourth-order valence-electron chi connectivity index (χ4n) is 1.61. The maximum absolute atomic E-state index is 12.2. The highest BCUT2D eigenvalue weighted by atomic mass is 31.2. The number of carbonyl (C=O) groups excluding carboxylic acids is 1. The lowest BCUT2D eigenvalue weighted by Crippen LogP contribution is -2.00. The van der Waals surface area contributed by atoms with Crippen LogP contribution >= 0.6 is 8.38 Å². The second-order valence-corrected chi connectivity index (χ2v) is 5.36. The third kappa shape index (κ3) is 3.63. The van der Waals surface area contributed by atoms with Crippen LogP contribution in [0.5, 0.6) is 5.75 Å². The fraction of sp³-hybridized carbons (Fsp3) is 0.133. The van der Waals surface area contributed by atoms with E-state index in [1.54, 1.807) is 31.4 Å². The number of hydrogen-bond acceptors (Lipinski definition) is 3. The van der Waals surface area contributed by atoms with E-state index in [1.165, 1.54) is 0 Å². The molecule has 98 valence electrons. The lowest BCUT2D eigenvalue weighted by Gasteiger charge is -2.11. The minimum Gasteiger partial charge on any atom is -0.448 e. The predicted octanol–water partition coefficient (Wildman–Crippen LogP) is 3.88. The van der Waals surface area contributed by atoms with Gasteiger partial charge in [-0.15, -0.1) is 0 Å². The largest absolute Gasteiger partial charge is 0.448 e. The smallest absolute Gasteiger partial charge is 0.226 e. The van der Waals surface area contributed by atoms with Crippen molar-refractivity contribution < 1.29 is 13.8 Å². The Hall–Kier alpha value is -1.70. The van der Waals surface area contributed by atoms with Crippen molar-refractivity contribution >= 4 is 14.2 Å². The van der Waals surface area contributed by atoms with Gasteiger partial charge >= 0.3 is 0 Å². The Labute approximate surface area is 114 Å². The van der Waals surface area contributed by atoms with E-state index < -0.39 is 8.38 Å². The van der Waals surface area contributed by atoms with Gasteiger partial charge in [-0.3, -0.25) is 4.79 Å². The molecule has 3 nitrogen and oxygen atoms in total. The predicted molar refractivity (Wildman–Crippen MR) is 76.8 cm³/mol. The Balaban J connectivity index is 2.12. The summed E-state index contributed by atoms with van der Waals surface area (Å²) in [6, 6.07) is 16.3. The molecule has 0 aliphatic heterocycles. The molecule has 0 fully saturated rings. The van der Waals surface area contributed by atoms with Gasteiger partial charge in [0.1, 0.15) is 5.75 Å². The Morgan fingerprint density at radius 1 is 0.947 bits per heavy atom. The maximum atomic E-state index is 12.2. The van der Waals surface area contributed by atoms with Crippen molar-refractivity contribution in [3.8, 4) is 5.75 Å². The average molecular weight is 274 g/mol. The van der Waals surface area contributed by atoms with Gasteiger partial charge in [-0.25, -0.2) is 0 Å². The SMILES string of the molecule is COP(C)Oc1ccc(C(=O)c2ccccc2)cc1. The molecule has 0 saturated carbocycles.